The monoisotopic (exact) mass is 1640 g/mol. The SMILES string of the molecule is C=C(C)C(=O)CCCc1ccc(Oc2cc3c4c(cc(Oc5ccc(CCCC(=O)C(=C)C)cc5)c5c6c(Oc7ccc(CCNC(=O)C(=C)C)cc7)cc7c8c(cc(Oc9ccc(CCNC(=O)C(=C)C)cc9)c(c2c45)c86)C(=O)N(CC(=O)N(C2CCCCC2)C2CCCCC2)C7=O)C(=O)N(CC(=O)N(C2CCCCC2)C2CCCCC2)C3=O)cc1. The summed E-state index contributed by atoms with van der Waals surface area (Å²) in [5.74, 6) is -2.78. The number of carbonyl (C=O) groups is 10. The van der Waals surface area contributed by atoms with Crippen molar-refractivity contribution in [1.29, 1.82) is 0 Å². The molecule has 122 heavy (non-hydrogen) atoms. The number of hydrogen-bond donors (Lipinski definition) is 2. The second-order valence-corrected chi connectivity index (χ2v) is 34.5. The van der Waals surface area contributed by atoms with Gasteiger partial charge in [0.25, 0.3) is 23.6 Å². The largest absolute Gasteiger partial charge is 0.457 e. The van der Waals surface area contributed by atoms with Crippen LogP contribution in [0.1, 0.15) is 245 Å². The topological polar surface area (TPSA) is 245 Å². The summed E-state index contributed by atoms with van der Waals surface area (Å²) in [6.45, 7) is 21.5. The molecule has 0 atom stereocenters. The highest BCUT2D eigenvalue weighted by Crippen LogP contribution is 2.58. The van der Waals surface area contributed by atoms with Gasteiger partial charge < -0.3 is 39.4 Å². The van der Waals surface area contributed by atoms with Gasteiger partial charge in [0.1, 0.15) is 59.1 Å². The van der Waals surface area contributed by atoms with Crippen molar-refractivity contribution in [1.82, 2.24) is 30.2 Å². The molecule has 632 valence electrons. The molecule has 4 saturated carbocycles. The number of hydrogen-bond acceptors (Lipinski definition) is 14. The minimum Gasteiger partial charge on any atom is -0.457 e. The van der Waals surface area contributed by atoms with Crippen LogP contribution in [0, 0.1) is 0 Å². The van der Waals surface area contributed by atoms with Crippen molar-refractivity contribution in [2.45, 2.75) is 232 Å². The summed E-state index contributed by atoms with van der Waals surface area (Å²) in [5, 5.41) is 7.75. The van der Waals surface area contributed by atoms with E-state index in [-0.39, 0.29) is 148 Å². The van der Waals surface area contributed by atoms with Crippen LogP contribution >= 0.6 is 0 Å². The van der Waals surface area contributed by atoms with E-state index in [0.717, 1.165) is 160 Å². The predicted molar refractivity (Wildman–Crippen MR) is 474 cm³/mol. The highest BCUT2D eigenvalue weighted by molar-refractivity contribution is 6.45. The van der Waals surface area contributed by atoms with Crippen molar-refractivity contribution in [2.24, 2.45) is 0 Å². The van der Waals surface area contributed by atoms with Crippen LogP contribution in [0.4, 0.5) is 0 Å². The molecule has 2 N–H and O–H groups in total. The molecule has 6 aliphatic rings. The van der Waals surface area contributed by atoms with Crippen LogP contribution in [0.5, 0.6) is 46.0 Å². The van der Waals surface area contributed by atoms with Crippen LogP contribution in [0.3, 0.4) is 0 Å². The Kier molecular flexibility index (Phi) is 26.1. The van der Waals surface area contributed by atoms with Crippen molar-refractivity contribution in [3.05, 3.63) is 214 Å². The maximum Gasteiger partial charge on any atom is 0.262 e. The first-order valence-corrected chi connectivity index (χ1v) is 44.0. The summed E-state index contributed by atoms with van der Waals surface area (Å²) < 4.78 is 29.6. The number of benzene rings is 9. The zero-order valence-corrected chi connectivity index (χ0v) is 70.8. The van der Waals surface area contributed by atoms with Crippen LogP contribution in [0.2, 0.25) is 0 Å². The summed E-state index contributed by atoms with van der Waals surface area (Å²) in [6.07, 6.45) is 22.0. The lowest BCUT2D eigenvalue weighted by Gasteiger charge is -2.42. The van der Waals surface area contributed by atoms with Crippen LogP contribution in [0.15, 0.2) is 170 Å². The first-order chi connectivity index (χ1) is 59.0. The van der Waals surface area contributed by atoms with E-state index in [9.17, 15) is 19.2 Å². The van der Waals surface area contributed by atoms with Crippen LogP contribution < -0.4 is 29.6 Å². The molecule has 20 heteroatoms. The Hall–Kier alpha value is -12.1. The maximum atomic E-state index is 16.5. The van der Waals surface area contributed by atoms with Gasteiger partial charge in [-0.15, -0.1) is 0 Å². The first kappa shape index (κ1) is 84.9. The minimum atomic E-state index is -0.755. The molecule has 4 aliphatic carbocycles. The average Bonchev–Trinajstić information content (AvgIpc) is 0.670. The molecule has 4 fully saturated rings. The fourth-order valence-electron chi connectivity index (χ4n) is 19.2. The molecule has 8 amide bonds. The Bertz CT molecular complexity index is 4980. The number of carbonyl (C=O) groups excluding carboxylic acids is 10. The van der Waals surface area contributed by atoms with E-state index in [4.69, 9.17) is 18.9 Å². The number of rotatable bonds is 34. The number of aryl methyl sites for hydroxylation is 2. The maximum absolute atomic E-state index is 16.5. The van der Waals surface area contributed by atoms with Crippen molar-refractivity contribution < 1.29 is 66.9 Å². The van der Waals surface area contributed by atoms with Crippen LogP contribution in [-0.4, -0.2) is 129 Å². The van der Waals surface area contributed by atoms with Crippen molar-refractivity contribution in [3.8, 4) is 46.0 Å². The fourth-order valence-corrected chi connectivity index (χ4v) is 19.2. The van der Waals surface area contributed by atoms with Crippen LogP contribution in [0.25, 0.3) is 43.1 Å². The third-order valence-electron chi connectivity index (χ3n) is 25.6. The smallest absolute Gasteiger partial charge is 0.262 e. The van der Waals surface area contributed by atoms with Gasteiger partial charge in [0.05, 0.1) is 22.3 Å². The summed E-state index contributed by atoms with van der Waals surface area (Å²) in [7, 11) is 0. The number of Topliss-reactive ketones (excluding diaryl/α,β-unsaturated/α-hetero) is 2. The number of ketones is 2. The fraction of sp³-hybridized carbons (Fsp3) is 0.392. The molecule has 2 aliphatic heterocycles. The Labute approximate surface area is 713 Å². The highest BCUT2D eigenvalue weighted by atomic mass is 16.5. The predicted octanol–water partition coefficient (Wildman–Crippen LogP) is 20.5. The van der Waals surface area contributed by atoms with E-state index in [1.807, 2.05) is 58.3 Å². The Morgan fingerprint density at radius 3 is 0.820 bits per heavy atom. The lowest BCUT2D eigenvalue weighted by Crippen LogP contribution is -2.54. The Balaban J connectivity index is 1.00. The first-order valence-electron chi connectivity index (χ1n) is 44.0. The number of imide groups is 2. The summed E-state index contributed by atoms with van der Waals surface area (Å²) in [6, 6.07) is 35.6. The van der Waals surface area contributed by atoms with E-state index in [1.54, 1.807) is 100 Å². The number of ether oxygens (including phenoxy) is 4. The zero-order valence-electron chi connectivity index (χ0n) is 70.8. The van der Waals surface area contributed by atoms with Crippen LogP contribution in [-0.2, 0) is 54.5 Å². The second kappa shape index (κ2) is 37.5. The van der Waals surface area contributed by atoms with Gasteiger partial charge in [-0.2, -0.15) is 0 Å². The Morgan fingerprint density at radius 2 is 0.582 bits per heavy atom. The molecule has 9 aromatic carbocycles. The number of nitrogens with one attached hydrogen (secondary N) is 2. The Morgan fingerprint density at radius 1 is 0.336 bits per heavy atom. The molecular weight excluding hydrogens is 1530 g/mol. The average molecular weight is 1640 g/mol. The van der Waals surface area contributed by atoms with Crippen molar-refractivity contribution in [2.75, 3.05) is 26.2 Å². The molecule has 0 saturated heterocycles. The van der Waals surface area contributed by atoms with E-state index >= 15 is 28.8 Å². The third-order valence-corrected chi connectivity index (χ3v) is 25.6. The molecule has 0 bridgehead atoms. The molecule has 0 unspecified atom stereocenters. The van der Waals surface area contributed by atoms with Gasteiger partial charge in [-0.25, -0.2) is 0 Å². The number of nitrogens with zero attached hydrogens (tertiary/aromatic N) is 4. The number of fused-ring (bicyclic) bond motifs is 2. The second-order valence-electron chi connectivity index (χ2n) is 34.5. The minimum absolute atomic E-state index is 0.0185. The van der Waals surface area contributed by atoms with Crippen molar-refractivity contribution >= 4 is 102 Å². The molecule has 9 aromatic rings. The molecule has 15 rings (SSSR count). The number of allylic oxidation sites excluding steroid dienone is 2. The van der Waals surface area contributed by atoms with E-state index < -0.39 is 36.7 Å². The normalized spacial score (nSPS) is 16.0. The summed E-state index contributed by atoms with van der Waals surface area (Å²) in [4.78, 5) is 155. The molecule has 20 nitrogen and oxygen atoms in total. The van der Waals surface area contributed by atoms with E-state index in [0.29, 0.717) is 110 Å². The zero-order chi connectivity index (χ0) is 85.6. The van der Waals surface area contributed by atoms with Gasteiger partial charge in [-0.05, 0) is 224 Å². The van der Waals surface area contributed by atoms with Gasteiger partial charge in [0.2, 0.25) is 23.6 Å². The molecule has 0 spiro atoms. The molecular formula is C102H110N6O14. The molecule has 2 heterocycles. The van der Waals surface area contributed by atoms with Gasteiger partial charge in [0, 0.05) is 104 Å². The quantitative estimate of drug-likeness (QED) is 0.0165. The highest BCUT2D eigenvalue weighted by Gasteiger charge is 2.45. The molecule has 0 radical (unpaired) electrons. The van der Waals surface area contributed by atoms with Gasteiger partial charge in [-0.3, -0.25) is 57.7 Å². The van der Waals surface area contributed by atoms with E-state index in [2.05, 4.69) is 36.9 Å². The van der Waals surface area contributed by atoms with Crippen molar-refractivity contribution in [3.63, 3.8) is 0 Å². The standard InChI is InChI=1S/C102H110N6O14/c1-61(2)81(109)33-21-23-65-35-43-73(44-36-65)119-83-55-77-89-78(100(116)105(99(77)115)59-87(111)107(69-25-13-9-14-26-69)70-27-15-10-16-28-70)56-84(120-74-45-37-66(38-46-74)24-22-34-82(110)62(3)4)92-94-86(122-76-49-41-68(42-50-76)52-54-104-98(114)64(7)8)58-80-90-79(101(117)106(102(80)118)60-88(112)108(71-29-17-11-18-30-71)72-31-19-12-20-32-72)57-85(93(96(90)94)91(83)95(89)92)121-75-47-39-67(40-48-75)51-53-103-97(113)63(5)6/h35-50,55-58,69-72H,1,3,5,7,9-34,51-54,59-60H2,2,4,6,8H3,(H,103,113)(H,104,114). The number of amides is 8. The van der Waals surface area contributed by atoms with Gasteiger partial charge >= 0.3 is 0 Å². The van der Waals surface area contributed by atoms with Gasteiger partial charge in [0.15, 0.2) is 11.6 Å². The van der Waals surface area contributed by atoms with Gasteiger partial charge in [-0.1, -0.05) is 152 Å². The summed E-state index contributed by atoms with van der Waals surface area (Å²) >= 11 is 0. The lowest BCUT2D eigenvalue weighted by atomic mass is 9.80. The van der Waals surface area contributed by atoms with E-state index in [1.165, 1.54) is 0 Å². The lowest BCUT2D eigenvalue weighted by molar-refractivity contribution is -0.139. The summed E-state index contributed by atoms with van der Waals surface area (Å²) in [5.41, 5.74) is 5.31. The molecule has 0 aromatic heterocycles. The third kappa shape index (κ3) is 18.3.